The molecular formula is C22H22ClNO4S. The van der Waals surface area contributed by atoms with E-state index in [1.165, 1.54) is 4.90 Å². The van der Waals surface area contributed by atoms with Crippen molar-refractivity contribution in [1.29, 1.82) is 0 Å². The van der Waals surface area contributed by atoms with Gasteiger partial charge in [-0.3, -0.25) is 14.5 Å². The van der Waals surface area contributed by atoms with Crippen LogP contribution in [0.25, 0.3) is 6.08 Å². The number of nitrogens with zero attached hydrogens (tertiary/aromatic N) is 1. The number of thioether (sulfide) groups is 1. The maximum atomic E-state index is 12.5. The Hall–Kier alpha value is -2.44. The molecule has 0 aliphatic carbocycles. The Morgan fingerprint density at radius 2 is 1.86 bits per heavy atom. The zero-order valence-electron chi connectivity index (χ0n) is 16.3. The van der Waals surface area contributed by atoms with Crippen LogP contribution < -0.4 is 9.47 Å². The molecule has 1 heterocycles. The van der Waals surface area contributed by atoms with Gasteiger partial charge in [0.2, 0.25) is 0 Å². The number of ether oxygens (including phenoxy) is 2. The van der Waals surface area contributed by atoms with Crippen molar-refractivity contribution in [2.45, 2.75) is 26.9 Å². The summed E-state index contributed by atoms with van der Waals surface area (Å²) in [5, 5.41) is 0.132. The van der Waals surface area contributed by atoms with Crippen molar-refractivity contribution in [1.82, 2.24) is 4.90 Å². The Morgan fingerprint density at radius 1 is 1.10 bits per heavy atom. The largest absolute Gasteiger partial charge is 0.490 e. The first kappa shape index (κ1) is 21.3. The number of imide groups is 1. The monoisotopic (exact) mass is 431 g/mol. The van der Waals surface area contributed by atoms with Gasteiger partial charge in [-0.05, 0) is 54.4 Å². The summed E-state index contributed by atoms with van der Waals surface area (Å²) in [5.41, 5.74) is 1.69. The zero-order chi connectivity index (χ0) is 20.8. The summed E-state index contributed by atoms with van der Waals surface area (Å²) in [6, 6.07) is 13.2. The fourth-order valence-corrected chi connectivity index (χ4v) is 4.01. The minimum absolute atomic E-state index is 0.248. The van der Waals surface area contributed by atoms with E-state index in [4.69, 9.17) is 21.1 Å². The van der Waals surface area contributed by atoms with Crippen molar-refractivity contribution < 1.29 is 19.1 Å². The van der Waals surface area contributed by atoms with E-state index in [-0.39, 0.29) is 11.1 Å². The summed E-state index contributed by atoms with van der Waals surface area (Å²) in [5.74, 6) is 0.670. The Balaban J connectivity index is 1.86. The van der Waals surface area contributed by atoms with E-state index in [1.807, 2.05) is 44.2 Å². The van der Waals surface area contributed by atoms with Crippen molar-refractivity contribution in [2.24, 2.45) is 0 Å². The number of carbonyl (C=O) groups excluding carboxylic acids is 2. The highest BCUT2D eigenvalue weighted by Gasteiger charge is 2.34. The van der Waals surface area contributed by atoms with Gasteiger partial charge >= 0.3 is 0 Å². The summed E-state index contributed by atoms with van der Waals surface area (Å²) in [6.07, 6.45) is 2.38. The number of halogens is 1. The number of amides is 2. The molecule has 0 unspecified atom stereocenters. The maximum absolute atomic E-state index is 12.5. The van der Waals surface area contributed by atoms with E-state index in [9.17, 15) is 9.59 Å². The van der Waals surface area contributed by atoms with Gasteiger partial charge in [0.25, 0.3) is 11.1 Å². The summed E-state index contributed by atoms with van der Waals surface area (Å²) in [7, 11) is 0. The number of hydrogen-bond donors (Lipinski definition) is 0. The van der Waals surface area contributed by atoms with E-state index < -0.39 is 0 Å². The summed E-state index contributed by atoms with van der Waals surface area (Å²) < 4.78 is 11.6. The van der Waals surface area contributed by atoms with Crippen molar-refractivity contribution in [3.8, 4) is 11.5 Å². The van der Waals surface area contributed by atoms with Crippen LogP contribution in [0.15, 0.2) is 47.4 Å². The molecule has 0 atom stereocenters. The second kappa shape index (κ2) is 9.85. The Labute approximate surface area is 179 Å². The summed E-state index contributed by atoms with van der Waals surface area (Å²) in [6.45, 7) is 5.01. The molecule has 29 heavy (non-hydrogen) atoms. The first-order valence-electron chi connectivity index (χ1n) is 9.42. The molecule has 5 nitrogen and oxygen atoms in total. The predicted molar refractivity (Wildman–Crippen MR) is 116 cm³/mol. The molecule has 152 valence electrons. The smallest absolute Gasteiger partial charge is 0.293 e. The Kier molecular flexibility index (Phi) is 7.23. The molecule has 0 aromatic heterocycles. The minimum atomic E-state index is -0.277. The molecule has 0 N–H and O–H groups in total. The van der Waals surface area contributed by atoms with Gasteiger partial charge in [-0.15, -0.1) is 0 Å². The quantitative estimate of drug-likeness (QED) is 0.497. The van der Waals surface area contributed by atoms with Crippen LogP contribution in [-0.4, -0.2) is 29.2 Å². The number of hydrogen-bond acceptors (Lipinski definition) is 5. The molecule has 2 aromatic rings. The van der Waals surface area contributed by atoms with Crippen LogP contribution in [0.1, 0.15) is 31.4 Å². The molecule has 1 aliphatic rings. The van der Waals surface area contributed by atoms with Gasteiger partial charge in [-0.1, -0.05) is 48.9 Å². The molecule has 1 saturated heterocycles. The van der Waals surface area contributed by atoms with E-state index in [0.29, 0.717) is 46.7 Å². The topological polar surface area (TPSA) is 55.8 Å². The van der Waals surface area contributed by atoms with Crippen LogP contribution in [0.2, 0.25) is 5.02 Å². The minimum Gasteiger partial charge on any atom is -0.490 e. The third-order valence-electron chi connectivity index (χ3n) is 4.18. The SMILES string of the molecule is CCCN1C(=O)S/C(=C/c2cc(Cl)c(OCc3ccccc3)c(OCC)c2)C1=O. The van der Waals surface area contributed by atoms with Crippen molar-refractivity contribution in [3.05, 3.63) is 63.5 Å². The van der Waals surface area contributed by atoms with Crippen molar-refractivity contribution >= 4 is 40.6 Å². The predicted octanol–water partition coefficient (Wildman–Crippen LogP) is 5.76. The lowest BCUT2D eigenvalue weighted by atomic mass is 10.1. The van der Waals surface area contributed by atoms with E-state index >= 15 is 0 Å². The van der Waals surface area contributed by atoms with Gasteiger partial charge in [0.1, 0.15) is 6.61 Å². The standard InChI is InChI=1S/C22H22ClNO4S/c1-3-10-24-21(25)19(29-22(24)26)13-16-11-17(23)20(18(12-16)27-4-2)28-14-15-8-6-5-7-9-15/h5-9,11-13H,3-4,10,14H2,1-2H3/b19-13+. The molecule has 2 amide bonds. The zero-order valence-corrected chi connectivity index (χ0v) is 17.9. The van der Waals surface area contributed by atoms with Gasteiger partial charge in [0, 0.05) is 6.54 Å². The second-order valence-corrected chi connectivity index (χ2v) is 7.77. The fourth-order valence-electron chi connectivity index (χ4n) is 2.87. The molecule has 1 aliphatic heterocycles. The molecule has 1 fully saturated rings. The Morgan fingerprint density at radius 3 is 2.55 bits per heavy atom. The lowest BCUT2D eigenvalue weighted by Crippen LogP contribution is -2.28. The van der Waals surface area contributed by atoms with Crippen molar-refractivity contribution in [2.75, 3.05) is 13.2 Å². The second-order valence-electron chi connectivity index (χ2n) is 6.37. The molecule has 7 heteroatoms. The average Bonchev–Trinajstić information content (AvgIpc) is 2.96. The fraction of sp³-hybridized carbons (Fsp3) is 0.273. The van der Waals surface area contributed by atoms with E-state index in [2.05, 4.69) is 0 Å². The Bertz CT molecular complexity index is 930. The highest BCUT2D eigenvalue weighted by molar-refractivity contribution is 8.18. The highest BCUT2D eigenvalue weighted by atomic mass is 35.5. The highest BCUT2D eigenvalue weighted by Crippen LogP contribution is 2.39. The maximum Gasteiger partial charge on any atom is 0.293 e. The van der Waals surface area contributed by atoms with E-state index in [1.54, 1.807) is 18.2 Å². The van der Waals surface area contributed by atoms with Crippen molar-refractivity contribution in [3.63, 3.8) is 0 Å². The van der Waals surface area contributed by atoms with Crippen LogP contribution in [0, 0.1) is 0 Å². The molecule has 0 spiro atoms. The molecule has 0 radical (unpaired) electrons. The number of carbonyl (C=O) groups is 2. The molecule has 0 bridgehead atoms. The normalized spacial score (nSPS) is 15.3. The number of benzene rings is 2. The molecule has 3 rings (SSSR count). The van der Waals surface area contributed by atoms with Crippen LogP contribution in [0.3, 0.4) is 0 Å². The van der Waals surface area contributed by atoms with Gasteiger partial charge in [-0.25, -0.2) is 0 Å². The van der Waals surface area contributed by atoms with Crippen LogP contribution in [-0.2, 0) is 11.4 Å². The van der Waals surface area contributed by atoms with Gasteiger partial charge < -0.3 is 9.47 Å². The third kappa shape index (κ3) is 5.14. The first-order valence-corrected chi connectivity index (χ1v) is 10.6. The number of rotatable bonds is 8. The van der Waals surface area contributed by atoms with Gasteiger partial charge in [0.05, 0.1) is 16.5 Å². The lowest BCUT2D eigenvalue weighted by Gasteiger charge is -2.15. The van der Waals surface area contributed by atoms with Crippen LogP contribution in [0.5, 0.6) is 11.5 Å². The summed E-state index contributed by atoms with van der Waals surface area (Å²) in [4.78, 5) is 26.1. The lowest BCUT2D eigenvalue weighted by molar-refractivity contribution is -0.122. The van der Waals surface area contributed by atoms with Crippen LogP contribution in [0.4, 0.5) is 4.79 Å². The molecular weight excluding hydrogens is 410 g/mol. The summed E-state index contributed by atoms with van der Waals surface area (Å²) >= 11 is 7.40. The molecule has 0 saturated carbocycles. The first-order chi connectivity index (χ1) is 14.0. The van der Waals surface area contributed by atoms with Gasteiger partial charge in [-0.2, -0.15) is 0 Å². The third-order valence-corrected chi connectivity index (χ3v) is 5.36. The average molecular weight is 432 g/mol. The van der Waals surface area contributed by atoms with Gasteiger partial charge in [0.15, 0.2) is 11.5 Å². The van der Waals surface area contributed by atoms with E-state index in [0.717, 1.165) is 23.7 Å². The van der Waals surface area contributed by atoms with Crippen LogP contribution >= 0.6 is 23.4 Å². The molecule has 2 aromatic carbocycles.